The molecule has 0 spiro atoms. The number of H-pyrrole nitrogens is 1. The van der Waals surface area contributed by atoms with E-state index in [2.05, 4.69) is 25.8 Å². The standard InChI is InChI=1S/C15H16N6O4/c1-15(9-3-5-10(25-2)6-4-9)12(23)21(14(24)19-15)7-11(22)18-13-16-8-17-20-13/h3-6,8H,7H2,1-2H3,(H,19,24)(H2,16,17,18,20,22)/t15-/m1/s1. The fraction of sp³-hybridized carbons (Fsp3) is 0.267. The minimum atomic E-state index is -1.25. The molecule has 1 aromatic carbocycles. The van der Waals surface area contributed by atoms with Crippen LogP contribution in [0.3, 0.4) is 0 Å². The van der Waals surface area contributed by atoms with Crippen LogP contribution in [0, 0.1) is 0 Å². The lowest BCUT2D eigenvalue weighted by atomic mass is 9.92. The van der Waals surface area contributed by atoms with E-state index >= 15 is 0 Å². The van der Waals surface area contributed by atoms with Crippen LogP contribution in [-0.2, 0) is 15.1 Å². The average molecular weight is 344 g/mol. The Morgan fingerprint density at radius 3 is 2.64 bits per heavy atom. The molecule has 25 heavy (non-hydrogen) atoms. The Morgan fingerprint density at radius 1 is 1.32 bits per heavy atom. The molecule has 0 unspecified atom stereocenters. The second-order valence-electron chi connectivity index (χ2n) is 5.56. The predicted octanol–water partition coefficient (Wildman–Crippen LogP) is 0.219. The van der Waals surface area contributed by atoms with E-state index < -0.39 is 29.9 Å². The Hall–Kier alpha value is -3.43. The van der Waals surface area contributed by atoms with Gasteiger partial charge >= 0.3 is 6.03 Å². The minimum Gasteiger partial charge on any atom is -0.497 e. The van der Waals surface area contributed by atoms with Crippen molar-refractivity contribution in [1.82, 2.24) is 25.4 Å². The molecular weight excluding hydrogens is 328 g/mol. The summed E-state index contributed by atoms with van der Waals surface area (Å²) in [5.74, 6) is -0.322. The fourth-order valence-corrected chi connectivity index (χ4v) is 2.54. The average Bonchev–Trinajstić information content (AvgIpc) is 3.18. The number of anilines is 1. The number of benzene rings is 1. The van der Waals surface area contributed by atoms with E-state index in [4.69, 9.17) is 4.74 Å². The van der Waals surface area contributed by atoms with E-state index in [0.717, 1.165) is 4.90 Å². The number of imide groups is 1. The molecule has 1 atom stereocenters. The summed E-state index contributed by atoms with van der Waals surface area (Å²) < 4.78 is 5.09. The maximum atomic E-state index is 12.7. The van der Waals surface area contributed by atoms with Crippen molar-refractivity contribution in [2.45, 2.75) is 12.5 Å². The lowest BCUT2D eigenvalue weighted by molar-refractivity contribution is -0.133. The monoisotopic (exact) mass is 344 g/mol. The number of nitrogens with zero attached hydrogens (tertiary/aromatic N) is 3. The van der Waals surface area contributed by atoms with Crippen LogP contribution in [0.4, 0.5) is 10.7 Å². The van der Waals surface area contributed by atoms with Gasteiger partial charge in [-0.15, -0.1) is 0 Å². The zero-order valence-electron chi connectivity index (χ0n) is 13.6. The number of rotatable bonds is 5. The molecule has 0 aliphatic carbocycles. The number of aromatic amines is 1. The van der Waals surface area contributed by atoms with Crippen LogP contribution >= 0.6 is 0 Å². The van der Waals surface area contributed by atoms with Crippen LogP contribution in [0.5, 0.6) is 5.75 Å². The first-order valence-electron chi connectivity index (χ1n) is 7.38. The third-order valence-corrected chi connectivity index (χ3v) is 3.92. The highest BCUT2D eigenvalue weighted by Gasteiger charge is 2.49. The lowest BCUT2D eigenvalue weighted by Gasteiger charge is -2.22. The highest BCUT2D eigenvalue weighted by atomic mass is 16.5. The van der Waals surface area contributed by atoms with Crippen molar-refractivity contribution < 1.29 is 19.1 Å². The molecular formula is C15H16N6O4. The largest absolute Gasteiger partial charge is 0.497 e. The molecule has 3 N–H and O–H groups in total. The normalized spacial score (nSPS) is 19.7. The highest BCUT2D eigenvalue weighted by molar-refractivity contribution is 6.10. The van der Waals surface area contributed by atoms with Crippen molar-refractivity contribution in [3.05, 3.63) is 36.2 Å². The van der Waals surface area contributed by atoms with Gasteiger partial charge in [-0.3, -0.25) is 19.8 Å². The van der Waals surface area contributed by atoms with E-state index in [0.29, 0.717) is 11.3 Å². The summed E-state index contributed by atoms with van der Waals surface area (Å²) in [4.78, 5) is 41.5. The maximum Gasteiger partial charge on any atom is 0.325 e. The molecule has 1 saturated heterocycles. The minimum absolute atomic E-state index is 0.134. The third kappa shape index (κ3) is 3.01. The van der Waals surface area contributed by atoms with Gasteiger partial charge in [-0.1, -0.05) is 12.1 Å². The second-order valence-corrected chi connectivity index (χ2v) is 5.56. The lowest BCUT2D eigenvalue weighted by Crippen LogP contribution is -2.42. The number of nitrogens with one attached hydrogen (secondary N) is 3. The van der Waals surface area contributed by atoms with Crippen LogP contribution in [-0.4, -0.2) is 51.6 Å². The summed E-state index contributed by atoms with van der Waals surface area (Å²) in [7, 11) is 1.54. The Bertz CT molecular complexity index is 804. The number of hydrogen-bond donors (Lipinski definition) is 3. The van der Waals surface area contributed by atoms with Gasteiger partial charge in [0.15, 0.2) is 0 Å². The number of carbonyl (C=O) groups excluding carboxylic acids is 3. The Morgan fingerprint density at radius 2 is 2.04 bits per heavy atom. The second kappa shape index (κ2) is 6.23. The van der Waals surface area contributed by atoms with Gasteiger partial charge in [-0.05, 0) is 24.6 Å². The predicted molar refractivity (Wildman–Crippen MR) is 85.6 cm³/mol. The molecule has 0 saturated carbocycles. The number of hydrogen-bond acceptors (Lipinski definition) is 6. The number of ether oxygens (including phenoxy) is 1. The molecule has 10 heteroatoms. The van der Waals surface area contributed by atoms with Crippen molar-refractivity contribution in [1.29, 1.82) is 0 Å². The summed E-state index contributed by atoms with van der Waals surface area (Å²) in [5, 5.41) is 11.1. The molecule has 1 aliphatic rings. The maximum absolute atomic E-state index is 12.7. The SMILES string of the molecule is COc1ccc([C@@]2(C)NC(=O)N(CC(=O)Nc3ncn[nH]3)C2=O)cc1. The number of methoxy groups -OCH3 is 1. The number of carbonyl (C=O) groups is 3. The first-order chi connectivity index (χ1) is 11.9. The first kappa shape index (κ1) is 16.4. The van der Waals surface area contributed by atoms with Gasteiger partial charge in [-0.25, -0.2) is 9.89 Å². The smallest absolute Gasteiger partial charge is 0.325 e. The highest BCUT2D eigenvalue weighted by Crippen LogP contribution is 2.29. The zero-order valence-corrected chi connectivity index (χ0v) is 13.6. The zero-order chi connectivity index (χ0) is 18.0. The molecule has 130 valence electrons. The Labute approximate surface area is 142 Å². The molecule has 1 fully saturated rings. The summed E-state index contributed by atoms with van der Waals surface area (Å²) in [6.07, 6.45) is 1.23. The van der Waals surface area contributed by atoms with E-state index in [1.165, 1.54) is 13.4 Å². The van der Waals surface area contributed by atoms with Gasteiger partial charge in [0.05, 0.1) is 7.11 Å². The third-order valence-electron chi connectivity index (χ3n) is 3.92. The Kier molecular flexibility index (Phi) is 4.09. The summed E-state index contributed by atoms with van der Waals surface area (Å²) in [5.41, 5.74) is -0.666. The van der Waals surface area contributed by atoms with Crippen LogP contribution in [0.2, 0.25) is 0 Å². The molecule has 4 amide bonds. The number of urea groups is 1. The van der Waals surface area contributed by atoms with Gasteiger partial charge in [0.2, 0.25) is 11.9 Å². The summed E-state index contributed by atoms with van der Waals surface area (Å²) >= 11 is 0. The summed E-state index contributed by atoms with van der Waals surface area (Å²) in [6.45, 7) is 1.15. The van der Waals surface area contributed by atoms with Crippen molar-refractivity contribution in [2.75, 3.05) is 19.0 Å². The van der Waals surface area contributed by atoms with Crippen molar-refractivity contribution in [3.8, 4) is 5.75 Å². The molecule has 1 aromatic heterocycles. The van der Waals surface area contributed by atoms with E-state index in [1.54, 1.807) is 31.2 Å². The van der Waals surface area contributed by atoms with E-state index in [9.17, 15) is 14.4 Å². The molecule has 0 bridgehead atoms. The van der Waals surface area contributed by atoms with Crippen molar-refractivity contribution in [3.63, 3.8) is 0 Å². The van der Waals surface area contributed by atoms with Gasteiger partial charge in [0.25, 0.3) is 5.91 Å². The van der Waals surface area contributed by atoms with Gasteiger partial charge in [0.1, 0.15) is 24.2 Å². The topological polar surface area (TPSA) is 129 Å². The molecule has 3 rings (SSSR count). The van der Waals surface area contributed by atoms with Gasteiger partial charge < -0.3 is 10.1 Å². The van der Waals surface area contributed by atoms with E-state index in [-0.39, 0.29) is 5.95 Å². The quantitative estimate of drug-likeness (QED) is 0.665. The van der Waals surface area contributed by atoms with Crippen LogP contribution in [0.15, 0.2) is 30.6 Å². The number of aromatic nitrogens is 3. The van der Waals surface area contributed by atoms with Crippen molar-refractivity contribution in [2.24, 2.45) is 0 Å². The van der Waals surface area contributed by atoms with Crippen LogP contribution < -0.4 is 15.4 Å². The Balaban J connectivity index is 1.75. The molecule has 2 heterocycles. The molecule has 10 nitrogen and oxygen atoms in total. The van der Waals surface area contributed by atoms with E-state index in [1.807, 2.05) is 0 Å². The molecule has 1 aliphatic heterocycles. The van der Waals surface area contributed by atoms with Crippen LogP contribution in [0.25, 0.3) is 0 Å². The van der Waals surface area contributed by atoms with Crippen molar-refractivity contribution >= 4 is 23.8 Å². The number of amides is 4. The fourth-order valence-electron chi connectivity index (χ4n) is 2.54. The molecule has 0 radical (unpaired) electrons. The van der Waals surface area contributed by atoms with Crippen LogP contribution in [0.1, 0.15) is 12.5 Å². The molecule has 2 aromatic rings. The first-order valence-corrected chi connectivity index (χ1v) is 7.38. The van der Waals surface area contributed by atoms with Gasteiger partial charge in [0, 0.05) is 0 Å². The van der Waals surface area contributed by atoms with Gasteiger partial charge in [-0.2, -0.15) is 10.1 Å². The summed E-state index contributed by atoms with van der Waals surface area (Å²) in [6, 6.07) is 6.12.